The molecule has 0 saturated carbocycles. The molecular weight excluding hydrogens is 745 g/mol. The molecule has 0 atom stereocenters. The van der Waals surface area contributed by atoms with Gasteiger partial charge in [0, 0.05) is 26.1 Å². The quantitative estimate of drug-likeness (QED) is 0.183. The Labute approximate surface area is 333 Å². The summed E-state index contributed by atoms with van der Waals surface area (Å²) in [5.74, 6) is -0.475. The molecule has 5 aromatic carbocycles. The molecule has 0 radical (unpaired) electrons. The number of nitrogens with zero attached hydrogens (tertiary/aromatic N) is 12. The summed E-state index contributed by atoms with van der Waals surface area (Å²) in [5, 5.41) is 120. The maximum absolute atomic E-state index is 10.6. The molecule has 13 nitrogen and oxygen atoms in total. The molecule has 5 rings (SSSR count). The number of benzene rings is 5. The van der Waals surface area contributed by atoms with Crippen LogP contribution < -0.4 is 15.2 Å². The molecule has 14 heteroatoms. The zero-order valence-corrected chi connectivity index (χ0v) is 29.9. The first-order chi connectivity index (χ1) is 28.2. The van der Waals surface area contributed by atoms with Crippen LogP contribution >= 0.6 is 11.8 Å². The molecule has 0 spiro atoms. The zero-order valence-electron chi connectivity index (χ0n) is 29.1. The molecule has 0 aromatic heterocycles. The van der Waals surface area contributed by atoms with Gasteiger partial charge < -0.3 is 4.74 Å². The van der Waals surface area contributed by atoms with Crippen LogP contribution in [0.15, 0.2) is 82.6 Å². The third-order valence-corrected chi connectivity index (χ3v) is 9.46. The predicted octanol–water partition coefficient (Wildman–Crippen LogP) is 6.33. The minimum Gasteiger partial charge on any atom is -0.456 e. The number of ether oxygens (including phenoxy) is 1. The molecule has 0 N–H and O–H groups in total. The highest BCUT2D eigenvalue weighted by atomic mass is 32.2. The Bertz CT molecular complexity index is 3080. The smallest absolute Gasteiger partial charge is 0.145 e. The Morgan fingerprint density at radius 2 is 0.793 bits per heavy atom. The molecule has 5 aromatic rings. The standard InChI is InChI=1S/C44H12N12OS/c45-13-27-3-1-25(9-31(27)17-49)39-42(36(23-55)24-56)44(58-38-8-6-30(16-48)34(12-38)20-52)41(26-2-4-28(14-46)32(10-26)18-50)40(35(21-53)22-54)43(39)57-37-7-5-29(15-47)33(11-37)19-51/h1-12H. The van der Waals surface area contributed by atoms with Crippen LogP contribution in [-0.2, 0) is 0 Å². The maximum atomic E-state index is 10.6. The van der Waals surface area contributed by atoms with Gasteiger partial charge in [-0.2, -0.15) is 63.1 Å². The van der Waals surface area contributed by atoms with E-state index in [0.29, 0.717) is 0 Å². The van der Waals surface area contributed by atoms with E-state index in [0.717, 1.165) is 11.8 Å². The summed E-state index contributed by atoms with van der Waals surface area (Å²) in [4.78, 5) is 0.257. The fourth-order valence-corrected chi connectivity index (χ4v) is 6.96. The van der Waals surface area contributed by atoms with Crippen LogP contribution in [0.5, 0.6) is 11.5 Å². The molecule has 0 aliphatic carbocycles. The van der Waals surface area contributed by atoms with E-state index >= 15 is 0 Å². The summed E-state index contributed by atoms with van der Waals surface area (Å²) >= 11 is 0.856. The lowest BCUT2D eigenvalue weighted by Gasteiger charge is -2.22. The highest BCUT2D eigenvalue weighted by Crippen LogP contribution is 2.41. The lowest BCUT2D eigenvalue weighted by atomic mass is 9.89. The van der Waals surface area contributed by atoms with E-state index in [1.807, 2.05) is 72.8 Å². The fraction of sp³-hybridized carbons (Fsp3) is 0. The fourth-order valence-electron chi connectivity index (χ4n) is 5.78. The van der Waals surface area contributed by atoms with Crippen LogP contribution in [0.1, 0.15) is 44.5 Å². The number of hydrogen-bond donors (Lipinski definition) is 0. The van der Waals surface area contributed by atoms with Crippen LogP contribution in [0, 0.1) is 136 Å². The first-order valence-corrected chi connectivity index (χ1v) is 16.8. The van der Waals surface area contributed by atoms with Gasteiger partial charge in [-0.25, -0.2) is 0 Å². The van der Waals surface area contributed by atoms with Crippen LogP contribution in [0.2, 0.25) is 0 Å². The minimum absolute atomic E-state index is 0.0129. The van der Waals surface area contributed by atoms with Gasteiger partial charge in [-0.05, 0) is 71.8 Å². The van der Waals surface area contributed by atoms with E-state index < -0.39 is 11.1 Å². The van der Waals surface area contributed by atoms with Gasteiger partial charge in [-0.1, -0.05) is 23.9 Å². The van der Waals surface area contributed by atoms with E-state index in [9.17, 15) is 63.1 Å². The summed E-state index contributed by atoms with van der Waals surface area (Å²) < 4.78 is 6.50. The van der Waals surface area contributed by atoms with Crippen LogP contribution in [0.4, 0.5) is 0 Å². The van der Waals surface area contributed by atoms with E-state index in [-0.39, 0.29) is 98.5 Å². The lowest BCUT2D eigenvalue weighted by Crippen LogP contribution is -2.25. The summed E-state index contributed by atoms with van der Waals surface area (Å²) in [6.07, 6.45) is 0. The van der Waals surface area contributed by atoms with Crippen molar-refractivity contribution in [3.05, 3.63) is 128 Å². The highest BCUT2D eigenvalue weighted by molar-refractivity contribution is 7.99. The van der Waals surface area contributed by atoms with Gasteiger partial charge in [-0.15, -0.1) is 0 Å². The van der Waals surface area contributed by atoms with Crippen molar-refractivity contribution in [2.24, 2.45) is 0 Å². The largest absolute Gasteiger partial charge is 0.456 e. The Hall–Kier alpha value is -10.1. The second-order valence-electron chi connectivity index (χ2n) is 11.4. The van der Waals surface area contributed by atoms with Crippen molar-refractivity contribution in [1.82, 2.24) is 0 Å². The van der Waals surface area contributed by atoms with Gasteiger partial charge in [-0.3, -0.25) is 0 Å². The number of hydrogen-bond acceptors (Lipinski definition) is 14. The average Bonchev–Trinajstić information content (AvgIpc) is 3.27. The minimum atomic E-state index is -0.598. The van der Waals surface area contributed by atoms with Crippen LogP contribution in [0.25, 0.3) is 33.4 Å². The number of nitriles is 12. The van der Waals surface area contributed by atoms with Crippen molar-refractivity contribution < 1.29 is 4.74 Å². The van der Waals surface area contributed by atoms with Crippen LogP contribution in [0.3, 0.4) is 0 Å². The first kappa shape index (κ1) is 39.1. The molecule has 0 saturated heterocycles. The predicted molar refractivity (Wildman–Crippen MR) is 201 cm³/mol. The zero-order chi connectivity index (χ0) is 41.9. The molecule has 0 heterocycles. The second kappa shape index (κ2) is 17.1. The van der Waals surface area contributed by atoms with Crippen molar-refractivity contribution >= 4 is 22.9 Å². The SMILES string of the molecule is N#CC(C#N)=c1c(Oc2ccc(C#N)c(C#N)c2)c(-c2ccc(C#N)c(C#N)c2)c(=C(C#N)C#N)c(Sc2ccc(C#N)c(C#N)c2)c1-c1ccc(C#N)c(C#N)c1. The van der Waals surface area contributed by atoms with E-state index in [2.05, 4.69) is 0 Å². The van der Waals surface area contributed by atoms with Crippen molar-refractivity contribution in [2.75, 3.05) is 0 Å². The molecule has 260 valence electrons. The van der Waals surface area contributed by atoms with E-state index in [4.69, 9.17) is 4.74 Å². The number of rotatable bonds is 6. The van der Waals surface area contributed by atoms with Gasteiger partial charge in [0.1, 0.15) is 95.5 Å². The Kier molecular flexibility index (Phi) is 11.5. The topological polar surface area (TPSA) is 295 Å². The molecule has 0 amide bonds. The molecule has 0 unspecified atom stereocenters. The van der Waals surface area contributed by atoms with Gasteiger partial charge in [0.25, 0.3) is 0 Å². The Morgan fingerprint density at radius 3 is 1.26 bits per heavy atom. The first-order valence-electron chi connectivity index (χ1n) is 16.0. The molecule has 58 heavy (non-hydrogen) atoms. The van der Waals surface area contributed by atoms with Crippen molar-refractivity contribution in [3.63, 3.8) is 0 Å². The van der Waals surface area contributed by atoms with Crippen molar-refractivity contribution in [2.45, 2.75) is 9.79 Å². The van der Waals surface area contributed by atoms with E-state index in [1.54, 1.807) is 0 Å². The lowest BCUT2D eigenvalue weighted by molar-refractivity contribution is 0.479. The van der Waals surface area contributed by atoms with Gasteiger partial charge >= 0.3 is 0 Å². The second-order valence-corrected chi connectivity index (χ2v) is 12.5. The summed E-state index contributed by atoms with van der Waals surface area (Å²) in [6, 6.07) is 38.8. The van der Waals surface area contributed by atoms with Gasteiger partial charge in [0.15, 0.2) is 0 Å². The Balaban J connectivity index is 2.23. The van der Waals surface area contributed by atoms with Gasteiger partial charge in [0.05, 0.1) is 49.7 Å². The highest BCUT2D eigenvalue weighted by Gasteiger charge is 2.28. The van der Waals surface area contributed by atoms with Crippen molar-refractivity contribution in [3.8, 4) is 107 Å². The molecule has 0 aliphatic rings. The molecule has 0 bridgehead atoms. The molecular formula is C44H12N12OS. The third-order valence-electron chi connectivity index (χ3n) is 8.36. The van der Waals surface area contributed by atoms with Gasteiger partial charge in [0.2, 0.25) is 0 Å². The van der Waals surface area contributed by atoms with E-state index in [1.165, 1.54) is 72.8 Å². The van der Waals surface area contributed by atoms with Crippen LogP contribution in [-0.4, -0.2) is 0 Å². The summed E-state index contributed by atoms with van der Waals surface area (Å²) in [7, 11) is 0. The average molecular weight is 757 g/mol. The molecule has 0 fully saturated rings. The monoisotopic (exact) mass is 756 g/mol. The summed E-state index contributed by atoms with van der Waals surface area (Å²) in [5.41, 5.74) is -1.69. The van der Waals surface area contributed by atoms with Crippen molar-refractivity contribution in [1.29, 1.82) is 63.1 Å². The maximum Gasteiger partial charge on any atom is 0.145 e. The normalized spacial score (nSPS) is 9.24. The summed E-state index contributed by atoms with van der Waals surface area (Å²) in [6.45, 7) is 0. The Morgan fingerprint density at radius 1 is 0.397 bits per heavy atom. The third kappa shape index (κ3) is 7.12. The molecule has 0 aliphatic heterocycles.